The van der Waals surface area contributed by atoms with E-state index in [9.17, 15) is 4.39 Å². The van der Waals surface area contributed by atoms with Crippen LogP contribution in [0.15, 0.2) is 30.6 Å². The van der Waals surface area contributed by atoms with Crippen LogP contribution in [0.2, 0.25) is 5.02 Å². The van der Waals surface area contributed by atoms with Crippen LogP contribution < -0.4 is 11.3 Å². The predicted molar refractivity (Wildman–Crippen MR) is 73.1 cm³/mol. The van der Waals surface area contributed by atoms with Crippen molar-refractivity contribution in [2.24, 2.45) is 5.84 Å². The first-order valence-electron chi connectivity index (χ1n) is 6.06. The van der Waals surface area contributed by atoms with E-state index < -0.39 is 5.82 Å². The van der Waals surface area contributed by atoms with Crippen LogP contribution in [-0.4, -0.2) is 9.55 Å². The first-order chi connectivity index (χ1) is 9.15. The number of imidazole rings is 1. The van der Waals surface area contributed by atoms with E-state index in [1.54, 1.807) is 18.3 Å². The number of nitrogens with two attached hydrogens (primary N) is 1. The molecule has 0 fully saturated rings. The number of hydrazine groups is 1. The first kappa shape index (κ1) is 14.0. The lowest BCUT2D eigenvalue weighted by molar-refractivity contribution is 0.521. The fourth-order valence-electron chi connectivity index (χ4n) is 2.00. The van der Waals surface area contributed by atoms with E-state index in [-0.39, 0.29) is 11.1 Å². The van der Waals surface area contributed by atoms with Gasteiger partial charge in [-0.05, 0) is 24.6 Å². The van der Waals surface area contributed by atoms with Crippen LogP contribution in [-0.2, 0) is 13.0 Å². The van der Waals surface area contributed by atoms with Gasteiger partial charge in [-0.15, -0.1) is 0 Å². The predicted octanol–water partition coefficient (Wildman–Crippen LogP) is 2.44. The fraction of sp³-hybridized carbons (Fsp3) is 0.308. The van der Waals surface area contributed by atoms with Crippen molar-refractivity contribution in [1.82, 2.24) is 15.0 Å². The summed E-state index contributed by atoms with van der Waals surface area (Å²) in [5, 5.41) is 0.0941. The summed E-state index contributed by atoms with van der Waals surface area (Å²) < 4.78 is 15.2. The van der Waals surface area contributed by atoms with Crippen LogP contribution in [0.5, 0.6) is 0 Å². The third kappa shape index (κ3) is 3.12. The Kier molecular flexibility index (Phi) is 4.52. The molecule has 0 saturated carbocycles. The molecule has 3 N–H and O–H groups in total. The van der Waals surface area contributed by atoms with Crippen LogP contribution in [0.25, 0.3) is 0 Å². The molecule has 4 nitrogen and oxygen atoms in total. The fourth-order valence-corrected chi connectivity index (χ4v) is 2.19. The first-order valence-corrected chi connectivity index (χ1v) is 6.44. The number of nitrogens with one attached hydrogen (secondary N) is 1. The third-order valence-electron chi connectivity index (χ3n) is 3.08. The molecule has 0 amide bonds. The molecule has 0 aliphatic carbocycles. The quantitative estimate of drug-likeness (QED) is 0.654. The van der Waals surface area contributed by atoms with E-state index in [2.05, 4.69) is 10.4 Å². The Bertz CT molecular complexity index is 555. The number of benzene rings is 1. The van der Waals surface area contributed by atoms with Gasteiger partial charge < -0.3 is 4.57 Å². The second-order valence-electron chi connectivity index (χ2n) is 4.23. The molecule has 0 aliphatic heterocycles. The monoisotopic (exact) mass is 282 g/mol. The Hall–Kier alpha value is -1.43. The lowest BCUT2D eigenvalue weighted by Gasteiger charge is -2.17. The second-order valence-corrected chi connectivity index (χ2v) is 4.63. The van der Waals surface area contributed by atoms with Crippen molar-refractivity contribution in [2.45, 2.75) is 25.9 Å². The lowest BCUT2D eigenvalue weighted by Crippen LogP contribution is -2.30. The molecular weight excluding hydrogens is 267 g/mol. The number of aromatic nitrogens is 2. The summed E-state index contributed by atoms with van der Waals surface area (Å²) in [6, 6.07) is 4.44. The van der Waals surface area contributed by atoms with E-state index in [1.165, 1.54) is 6.07 Å². The van der Waals surface area contributed by atoms with Crippen molar-refractivity contribution in [1.29, 1.82) is 0 Å². The smallest absolute Gasteiger partial charge is 0.141 e. The Morgan fingerprint density at radius 2 is 2.32 bits per heavy atom. The zero-order valence-electron chi connectivity index (χ0n) is 10.6. The van der Waals surface area contributed by atoms with Gasteiger partial charge >= 0.3 is 0 Å². The van der Waals surface area contributed by atoms with Gasteiger partial charge in [-0.1, -0.05) is 17.7 Å². The van der Waals surface area contributed by atoms with Crippen LogP contribution >= 0.6 is 11.6 Å². The van der Waals surface area contributed by atoms with Crippen molar-refractivity contribution >= 4 is 11.6 Å². The molecule has 1 heterocycles. The number of aryl methyl sites for hydroxylation is 1. The minimum atomic E-state index is -0.434. The van der Waals surface area contributed by atoms with Gasteiger partial charge in [0.15, 0.2) is 0 Å². The van der Waals surface area contributed by atoms with E-state index >= 15 is 0 Å². The molecule has 1 aromatic carbocycles. The molecule has 2 aromatic rings. The highest BCUT2D eigenvalue weighted by molar-refractivity contribution is 6.30. The molecule has 2 rings (SSSR count). The lowest BCUT2D eigenvalue weighted by atomic mass is 10.0. The zero-order valence-corrected chi connectivity index (χ0v) is 11.4. The molecule has 1 atom stereocenters. The van der Waals surface area contributed by atoms with Crippen LogP contribution in [0, 0.1) is 5.82 Å². The number of nitrogens with zero attached hydrogens (tertiary/aromatic N) is 2. The van der Waals surface area contributed by atoms with Crippen molar-refractivity contribution in [3.63, 3.8) is 0 Å². The molecule has 6 heteroatoms. The van der Waals surface area contributed by atoms with Crippen LogP contribution in [0.4, 0.5) is 4.39 Å². The van der Waals surface area contributed by atoms with Crippen LogP contribution in [0.3, 0.4) is 0 Å². The molecule has 0 aliphatic rings. The normalized spacial score (nSPS) is 12.6. The number of rotatable bonds is 5. The number of hydrogen-bond acceptors (Lipinski definition) is 3. The Morgan fingerprint density at radius 1 is 1.53 bits per heavy atom. The Balaban J connectivity index is 2.22. The van der Waals surface area contributed by atoms with Gasteiger partial charge in [0.2, 0.25) is 0 Å². The van der Waals surface area contributed by atoms with Crippen molar-refractivity contribution in [3.05, 3.63) is 52.8 Å². The minimum Gasteiger partial charge on any atom is -0.335 e. The summed E-state index contributed by atoms with van der Waals surface area (Å²) in [5.74, 6) is 6.07. The molecule has 1 aromatic heterocycles. The van der Waals surface area contributed by atoms with E-state index in [0.29, 0.717) is 6.42 Å². The van der Waals surface area contributed by atoms with Crippen LogP contribution in [0.1, 0.15) is 24.4 Å². The van der Waals surface area contributed by atoms with E-state index in [4.69, 9.17) is 17.4 Å². The molecule has 0 saturated heterocycles. The van der Waals surface area contributed by atoms with Gasteiger partial charge in [-0.3, -0.25) is 11.3 Å². The maximum atomic E-state index is 13.2. The molecule has 0 bridgehead atoms. The summed E-state index contributed by atoms with van der Waals surface area (Å²) in [6.07, 6.45) is 4.28. The summed E-state index contributed by atoms with van der Waals surface area (Å²) >= 11 is 5.79. The molecule has 19 heavy (non-hydrogen) atoms. The largest absolute Gasteiger partial charge is 0.335 e. The highest BCUT2D eigenvalue weighted by atomic mass is 35.5. The van der Waals surface area contributed by atoms with Gasteiger partial charge in [-0.2, -0.15) is 0 Å². The van der Waals surface area contributed by atoms with Crippen molar-refractivity contribution < 1.29 is 4.39 Å². The van der Waals surface area contributed by atoms with E-state index in [1.807, 2.05) is 17.7 Å². The average molecular weight is 283 g/mol. The van der Waals surface area contributed by atoms with Gasteiger partial charge in [-0.25, -0.2) is 9.37 Å². The standard InChI is InChI=1S/C13H16ClFN4/c1-2-19-6-5-17-13(19)8-12(18-16)9-3-4-11(15)10(14)7-9/h3-7,12,18H,2,8,16H2,1H3. The molecule has 102 valence electrons. The molecule has 1 unspecified atom stereocenters. The maximum absolute atomic E-state index is 13.2. The van der Waals surface area contributed by atoms with E-state index in [0.717, 1.165) is 17.9 Å². The summed E-state index contributed by atoms with van der Waals surface area (Å²) in [6.45, 7) is 2.89. The average Bonchev–Trinajstić information content (AvgIpc) is 2.86. The van der Waals surface area contributed by atoms with Crippen molar-refractivity contribution in [3.8, 4) is 0 Å². The Labute approximate surface area is 116 Å². The van der Waals surface area contributed by atoms with Gasteiger partial charge in [0, 0.05) is 25.4 Å². The minimum absolute atomic E-state index is 0.0941. The van der Waals surface area contributed by atoms with Crippen molar-refractivity contribution in [2.75, 3.05) is 0 Å². The zero-order chi connectivity index (χ0) is 13.8. The topological polar surface area (TPSA) is 55.9 Å². The SMILES string of the molecule is CCn1ccnc1CC(NN)c1ccc(F)c(Cl)c1. The van der Waals surface area contributed by atoms with Gasteiger partial charge in [0.1, 0.15) is 11.6 Å². The maximum Gasteiger partial charge on any atom is 0.141 e. The number of halogens is 2. The Morgan fingerprint density at radius 3 is 2.95 bits per heavy atom. The summed E-state index contributed by atoms with van der Waals surface area (Å²) in [7, 11) is 0. The van der Waals surface area contributed by atoms with Gasteiger partial charge in [0.05, 0.1) is 11.1 Å². The summed E-state index contributed by atoms with van der Waals surface area (Å²) in [5.41, 5.74) is 3.55. The highest BCUT2D eigenvalue weighted by Crippen LogP contribution is 2.22. The molecular formula is C13H16ClFN4. The highest BCUT2D eigenvalue weighted by Gasteiger charge is 2.15. The number of hydrogen-bond donors (Lipinski definition) is 2. The second kappa shape index (κ2) is 6.14. The van der Waals surface area contributed by atoms with Gasteiger partial charge in [0.25, 0.3) is 0 Å². The third-order valence-corrected chi connectivity index (χ3v) is 3.37. The summed E-state index contributed by atoms with van der Waals surface area (Å²) in [4.78, 5) is 4.30. The molecule has 0 radical (unpaired) electrons. The molecule has 0 spiro atoms.